The largest absolute Gasteiger partial charge is 0.487 e. The van der Waals surface area contributed by atoms with Gasteiger partial charge >= 0.3 is 18.1 Å². The van der Waals surface area contributed by atoms with Gasteiger partial charge in [-0.3, -0.25) is 4.79 Å². The fourth-order valence-corrected chi connectivity index (χ4v) is 4.44. The van der Waals surface area contributed by atoms with Crippen LogP contribution in [0.1, 0.15) is 51.6 Å². The minimum Gasteiger partial charge on any atom is -0.487 e. The van der Waals surface area contributed by atoms with Crippen LogP contribution in [0.4, 0.5) is 18.9 Å². The van der Waals surface area contributed by atoms with Gasteiger partial charge in [0.2, 0.25) is 5.91 Å². The molecule has 0 saturated heterocycles. The van der Waals surface area contributed by atoms with Gasteiger partial charge in [0.1, 0.15) is 17.9 Å². The first-order valence-electron chi connectivity index (χ1n) is 12.9. The molecule has 42 heavy (non-hydrogen) atoms. The van der Waals surface area contributed by atoms with Gasteiger partial charge in [-0.2, -0.15) is 13.2 Å². The molecular weight excluding hydrogens is 551 g/mol. The van der Waals surface area contributed by atoms with Crippen molar-refractivity contribution < 1.29 is 42.5 Å². The second kappa shape index (κ2) is 12.6. The Morgan fingerprint density at radius 2 is 1.48 bits per heavy atom. The van der Waals surface area contributed by atoms with Gasteiger partial charge in [0.15, 0.2) is 0 Å². The van der Waals surface area contributed by atoms with Crippen LogP contribution in [0, 0.1) is 0 Å². The predicted molar refractivity (Wildman–Crippen MR) is 151 cm³/mol. The molecule has 4 aromatic carbocycles. The Bertz CT molecular complexity index is 1630. The molecule has 216 valence electrons. The van der Waals surface area contributed by atoms with E-state index in [9.17, 15) is 37.8 Å². The number of benzene rings is 4. The summed E-state index contributed by atoms with van der Waals surface area (Å²) in [5.41, 5.74) is -0.588. The van der Waals surface area contributed by atoms with Gasteiger partial charge in [0.25, 0.3) is 0 Å². The number of carbonyl (C=O) groups excluding carboxylic acids is 1. The second-order valence-corrected chi connectivity index (χ2v) is 9.43. The van der Waals surface area contributed by atoms with Crippen LogP contribution in [0.15, 0.2) is 84.9 Å². The Balaban J connectivity index is 1.95. The van der Waals surface area contributed by atoms with Gasteiger partial charge in [0, 0.05) is 17.7 Å². The first kappa shape index (κ1) is 29.9. The third-order valence-corrected chi connectivity index (χ3v) is 6.34. The van der Waals surface area contributed by atoms with E-state index in [4.69, 9.17) is 4.74 Å². The minimum atomic E-state index is -4.87. The van der Waals surface area contributed by atoms with Crippen molar-refractivity contribution in [3.8, 4) is 28.0 Å². The summed E-state index contributed by atoms with van der Waals surface area (Å²) >= 11 is 0. The van der Waals surface area contributed by atoms with Crippen molar-refractivity contribution >= 4 is 23.5 Å². The van der Waals surface area contributed by atoms with E-state index in [0.29, 0.717) is 23.6 Å². The second-order valence-electron chi connectivity index (χ2n) is 9.43. The molecule has 0 aliphatic rings. The highest BCUT2D eigenvalue weighted by Crippen LogP contribution is 2.44. The Morgan fingerprint density at radius 1 is 0.810 bits per heavy atom. The van der Waals surface area contributed by atoms with Crippen LogP contribution in [-0.4, -0.2) is 28.1 Å². The number of alkyl halides is 3. The number of carboxylic acid groups (broad SMARTS) is 2. The van der Waals surface area contributed by atoms with Crippen molar-refractivity contribution in [2.75, 3.05) is 5.32 Å². The molecule has 7 nitrogen and oxygen atoms in total. The zero-order chi connectivity index (χ0) is 30.4. The van der Waals surface area contributed by atoms with E-state index in [1.54, 1.807) is 48.5 Å². The van der Waals surface area contributed by atoms with Crippen LogP contribution in [0.2, 0.25) is 0 Å². The smallest absolute Gasteiger partial charge is 0.416 e. The molecule has 10 heteroatoms. The summed E-state index contributed by atoms with van der Waals surface area (Å²) in [5.74, 6) is -3.51. The van der Waals surface area contributed by atoms with Crippen molar-refractivity contribution in [3.05, 3.63) is 107 Å². The molecule has 0 aliphatic heterocycles. The molecule has 0 spiro atoms. The first-order chi connectivity index (χ1) is 20.0. The normalized spacial score (nSPS) is 11.1. The molecule has 0 bridgehead atoms. The Morgan fingerprint density at radius 3 is 2.10 bits per heavy atom. The molecule has 0 radical (unpaired) electrons. The highest BCUT2D eigenvalue weighted by molar-refractivity contribution is 5.99. The summed E-state index contributed by atoms with van der Waals surface area (Å²) in [6.07, 6.45) is -4.10. The zero-order valence-electron chi connectivity index (χ0n) is 22.4. The van der Waals surface area contributed by atoms with Gasteiger partial charge in [0.05, 0.1) is 11.1 Å². The fourth-order valence-electron chi connectivity index (χ4n) is 4.44. The number of amides is 1. The number of nitrogens with one attached hydrogen (secondary N) is 1. The average molecular weight is 578 g/mol. The van der Waals surface area contributed by atoms with Crippen LogP contribution < -0.4 is 10.1 Å². The van der Waals surface area contributed by atoms with Crippen molar-refractivity contribution in [2.24, 2.45) is 0 Å². The molecule has 3 N–H and O–H groups in total. The Labute approximate surface area is 239 Å². The Hall–Kier alpha value is -5.12. The van der Waals surface area contributed by atoms with Gasteiger partial charge in [-0.1, -0.05) is 61.5 Å². The molecule has 0 fully saturated rings. The topological polar surface area (TPSA) is 113 Å². The van der Waals surface area contributed by atoms with E-state index in [2.05, 4.69) is 5.32 Å². The molecular formula is C32H26F3NO6. The number of aromatic carboxylic acids is 2. The molecule has 0 atom stereocenters. The highest BCUT2D eigenvalue weighted by Gasteiger charge is 2.34. The maximum atomic E-state index is 14.0. The molecule has 0 aliphatic carbocycles. The number of carboxylic acids is 2. The van der Waals surface area contributed by atoms with Gasteiger partial charge < -0.3 is 20.3 Å². The molecule has 0 saturated carbocycles. The standard InChI is InChI=1S/C32H26F3NO6/c1-2-8-28(37)36-23-14-20(13-21(15-23)30(38)39)24-11-6-7-12-25(24)26-16-22(32(33,34)35)17-27(31(40)41)29(26)42-18-19-9-4-3-5-10-19/h3-7,9-17H,2,8,18H2,1H3,(H,36,37)(H,38,39)(H,40,41). The molecule has 0 aromatic heterocycles. The summed E-state index contributed by atoms with van der Waals surface area (Å²) in [5, 5.41) is 22.3. The van der Waals surface area contributed by atoms with Crippen LogP contribution >= 0.6 is 0 Å². The maximum Gasteiger partial charge on any atom is 0.416 e. The van der Waals surface area contributed by atoms with E-state index < -0.39 is 29.2 Å². The SMILES string of the molecule is CCCC(=O)Nc1cc(C(=O)O)cc(-c2ccccc2-c2cc(C(F)(F)F)cc(C(=O)O)c2OCc2ccccc2)c1. The summed E-state index contributed by atoms with van der Waals surface area (Å²) < 4.78 is 47.8. The van der Waals surface area contributed by atoms with Crippen LogP contribution in [0.25, 0.3) is 22.3 Å². The zero-order valence-corrected chi connectivity index (χ0v) is 22.4. The fraction of sp³-hybridized carbons (Fsp3) is 0.156. The third-order valence-electron chi connectivity index (χ3n) is 6.34. The van der Waals surface area contributed by atoms with Crippen LogP contribution in [-0.2, 0) is 17.6 Å². The molecule has 4 aromatic rings. The molecule has 1 amide bonds. The van der Waals surface area contributed by atoms with Gasteiger partial charge in [-0.05, 0) is 59.0 Å². The summed E-state index contributed by atoms with van der Waals surface area (Å²) in [4.78, 5) is 36.4. The monoisotopic (exact) mass is 577 g/mol. The number of hydrogen-bond donors (Lipinski definition) is 3. The van der Waals surface area contributed by atoms with E-state index >= 15 is 0 Å². The summed E-state index contributed by atoms with van der Waals surface area (Å²) in [7, 11) is 0. The first-order valence-corrected chi connectivity index (χ1v) is 12.9. The van der Waals surface area contributed by atoms with Crippen LogP contribution in [0.5, 0.6) is 5.75 Å². The summed E-state index contributed by atoms with van der Waals surface area (Å²) in [6.45, 7) is 1.69. The number of rotatable bonds is 10. The van der Waals surface area contributed by atoms with Gasteiger partial charge in [-0.25, -0.2) is 9.59 Å². The number of halogens is 3. The highest BCUT2D eigenvalue weighted by atomic mass is 19.4. The molecule has 0 heterocycles. The number of ether oxygens (including phenoxy) is 1. The quantitative estimate of drug-likeness (QED) is 0.178. The summed E-state index contributed by atoms with van der Waals surface area (Å²) in [6, 6.07) is 20.4. The van der Waals surface area contributed by atoms with Crippen molar-refractivity contribution in [1.82, 2.24) is 0 Å². The Kier molecular flexibility index (Phi) is 8.95. The van der Waals surface area contributed by atoms with Crippen molar-refractivity contribution in [1.29, 1.82) is 0 Å². The number of hydrogen-bond acceptors (Lipinski definition) is 4. The number of carbonyl (C=O) groups is 3. The van der Waals surface area contributed by atoms with E-state index in [-0.39, 0.29) is 52.6 Å². The lowest BCUT2D eigenvalue weighted by Gasteiger charge is -2.20. The molecule has 4 rings (SSSR count). The van der Waals surface area contributed by atoms with Gasteiger partial charge in [-0.15, -0.1) is 0 Å². The third kappa shape index (κ3) is 6.95. The van der Waals surface area contributed by atoms with Crippen molar-refractivity contribution in [2.45, 2.75) is 32.5 Å². The van der Waals surface area contributed by atoms with Crippen LogP contribution in [0.3, 0.4) is 0 Å². The predicted octanol–water partition coefficient (Wildman–Crippen LogP) is 7.75. The minimum absolute atomic E-state index is 0.121. The average Bonchev–Trinajstić information content (AvgIpc) is 2.95. The van der Waals surface area contributed by atoms with Crippen molar-refractivity contribution in [3.63, 3.8) is 0 Å². The lowest BCUT2D eigenvalue weighted by Crippen LogP contribution is -2.12. The van der Waals surface area contributed by atoms with E-state index in [1.807, 2.05) is 6.92 Å². The lowest BCUT2D eigenvalue weighted by atomic mass is 9.90. The molecule has 0 unspecified atom stereocenters. The van der Waals surface area contributed by atoms with E-state index in [1.165, 1.54) is 24.3 Å². The lowest BCUT2D eigenvalue weighted by molar-refractivity contribution is -0.137. The maximum absolute atomic E-state index is 14.0. The van der Waals surface area contributed by atoms with E-state index in [0.717, 1.165) is 6.07 Å². The number of anilines is 1.